The van der Waals surface area contributed by atoms with Crippen LogP contribution in [0.2, 0.25) is 0 Å². The van der Waals surface area contributed by atoms with Crippen LogP contribution < -0.4 is 5.32 Å². The number of allylic oxidation sites excluding steroid dienone is 1. The highest BCUT2D eigenvalue weighted by Crippen LogP contribution is 2.31. The van der Waals surface area contributed by atoms with Gasteiger partial charge in [-0.1, -0.05) is 12.1 Å². The van der Waals surface area contributed by atoms with Crippen LogP contribution in [0.1, 0.15) is 16.8 Å². The Kier molecular flexibility index (Phi) is 3.74. The molecule has 0 spiro atoms. The van der Waals surface area contributed by atoms with Crippen molar-refractivity contribution in [3.8, 4) is 5.88 Å². The molecule has 0 radical (unpaired) electrons. The first kappa shape index (κ1) is 15.1. The number of pyridine rings is 1. The SMILES string of the molecule is Oc1nc(NCc2ccc(F)cc2)[nH]c1/C=C1\C=Nc2ncccc21. The summed E-state index contributed by atoms with van der Waals surface area (Å²) in [5.41, 5.74) is 3.12. The van der Waals surface area contributed by atoms with E-state index >= 15 is 0 Å². The third-order valence-electron chi connectivity index (χ3n) is 3.81. The largest absolute Gasteiger partial charge is 0.492 e. The molecule has 3 aromatic rings. The molecule has 0 amide bonds. The minimum atomic E-state index is -0.277. The summed E-state index contributed by atoms with van der Waals surface area (Å²) in [7, 11) is 0. The fraction of sp³-hybridized carbons (Fsp3) is 0.0556. The van der Waals surface area contributed by atoms with E-state index in [1.165, 1.54) is 12.1 Å². The van der Waals surface area contributed by atoms with Gasteiger partial charge in [0.25, 0.3) is 0 Å². The van der Waals surface area contributed by atoms with Gasteiger partial charge >= 0.3 is 0 Å². The third-order valence-corrected chi connectivity index (χ3v) is 3.81. The van der Waals surface area contributed by atoms with Crippen molar-refractivity contribution in [3.63, 3.8) is 0 Å². The number of hydrogen-bond donors (Lipinski definition) is 3. The Bertz CT molecular complexity index is 975. The number of aromatic amines is 1. The van der Waals surface area contributed by atoms with Crippen molar-refractivity contribution in [2.24, 2.45) is 4.99 Å². The Balaban J connectivity index is 1.52. The van der Waals surface area contributed by atoms with Crippen LogP contribution in [0, 0.1) is 5.82 Å². The number of aromatic hydroxyl groups is 1. The number of H-pyrrole nitrogens is 1. The number of rotatable bonds is 4. The Labute approximate surface area is 142 Å². The molecule has 2 aromatic heterocycles. The number of anilines is 1. The Morgan fingerprint density at radius 2 is 2.04 bits per heavy atom. The number of imidazole rings is 1. The number of fused-ring (bicyclic) bond motifs is 1. The standard InChI is InChI=1S/C18H14FN5O/c19-13-5-3-11(4-6-13)9-22-18-23-15(17(25)24-18)8-12-10-21-16-14(12)2-1-7-20-16/h1-8,10,25H,9H2,(H2,22,23,24)/b12-8+. The molecule has 1 aliphatic rings. The molecule has 0 saturated carbocycles. The van der Waals surface area contributed by atoms with Gasteiger partial charge in [0.05, 0.1) is 0 Å². The van der Waals surface area contributed by atoms with E-state index in [0.717, 1.165) is 16.7 Å². The van der Waals surface area contributed by atoms with Gasteiger partial charge in [-0.15, -0.1) is 0 Å². The fourth-order valence-electron chi connectivity index (χ4n) is 2.55. The van der Waals surface area contributed by atoms with E-state index in [4.69, 9.17) is 0 Å². The predicted octanol–water partition coefficient (Wildman–Crippen LogP) is 3.52. The Morgan fingerprint density at radius 1 is 1.20 bits per heavy atom. The van der Waals surface area contributed by atoms with E-state index in [1.807, 2.05) is 12.1 Å². The van der Waals surface area contributed by atoms with E-state index in [-0.39, 0.29) is 11.7 Å². The average molecular weight is 335 g/mol. The van der Waals surface area contributed by atoms with Crippen molar-refractivity contribution < 1.29 is 9.50 Å². The second kappa shape index (κ2) is 6.20. The maximum absolute atomic E-state index is 12.9. The van der Waals surface area contributed by atoms with E-state index in [1.54, 1.807) is 30.6 Å². The van der Waals surface area contributed by atoms with E-state index in [9.17, 15) is 9.50 Å². The number of halogens is 1. The highest BCUT2D eigenvalue weighted by molar-refractivity contribution is 6.20. The molecule has 0 fully saturated rings. The van der Waals surface area contributed by atoms with Crippen LogP contribution in [0.25, 0.3) is 11.6 Å². The number of nitrogens with one attached hydrogen (secondary N) is 2. The van der Waals surface area contributed by atoms with Crippen LogP contribution in [-0.4, -0.2) is 26.3 Å². The third kappa shape index (κ3) is 3.12. The lowest BCUT2D eigenvalue weighted by Gasteiger charge is -2.02. The molecule has 0 atom stereocenters. The first-order valence-electron chi connectivity index (χ1n) is 7.67. The number of aromatic nitrogens is 3. The minimum absolute atomic E-state index is 0.111. The van der Waals surface area contributed by atoms with Crippen LogP contribution in [-0.2, 0) is 6.54 Å². The summed E-state index contributed by atoms with van der Waals surface area (Å²) in [5, 5.41) is 13.1. The summed E-state index contributed by atoms with van der Waals surface area (Å²) in [6.07, 6.45) is 5.15. The van der Waals surface area contributed by atoms with Gasteiger partial charge in [-0.3, -0.25) is 0 Å². The normalized spacial score (nSPS) is 14.0. The quantitative estimate of drug-likeness (QED) is 0.681. The highest BCUT2D eigenvalue weighted by atomic mass is 19.1. The molecule has 1 aliphatic heterocycles. The molecular weight excluding hydrogens is 321 g/mol. The molecule has 124 valence electrons. The van der Waals surface area contributed by atoms with Crippen molar-refractivity contribution in [3.05, 3.63) is 65.2 Å². The van der Waals surface area contributed by atoms with Crippen LogP contribution in [0.15, 0.2) is 47.6 Å². The Hall–Kier alpha value is -3.48. The monoisotopic (exact) mass is 335 g/mol. The van der Waals surface area contributed by atoms with Crippen molar-refractivity contribution in [1.82, 2.24) is 15.0 Å². The lowest BCUT2D eigenvalue weighted by molar-refractivity contribution is 0.455. The van der Waals surface area contributed by atoms with Gasteiger partial charge in [-0.2, -0.15) is 4.98 Å². The van der Waals surface area contributed by atoms with E-state index in [2.05, 4.69) is 25.3 Å². The number of hydrogen-bond acceptors (Lipinski definition) is 5. The van der Waals surface area contributed by atoms with Gasteiger partial charge in [-0.05, 0) is 35.9 Å². The molecule has 0 bridgehead atoms. The average Bonchev–Trinajstić information content (AvgIpc) is 3.19. The summed E-state index contributed by atoms with van der Waals surface area (Å²) in [6, 6.07) is 9.93. The zero-order valence-electron chi connectivity index (χ0n) is 13.1. The van der Waals surface area contributed by atoms with E-state index in [0.29, 0.717) is 24.0 Å². The molecule has 0 saturated heterocycles. The van der Waals surface area contributed by atoms with Gasteiger partial charge < -0.3 is 15.4 Å². The molecule has 6 nitrogen and oxygen atoms in total. The van der Waals surface area contributed by atoms with Crippen LogP contribution in [0.5, 0.6) is 5.88 Å². The van der Waals surface area contributed by atoms with Gasteiger partial charge in [0.15, 0.2) is 5.82 Å². The van der Waals surface area contributed by atoms with Crippen LogP contribution in [0.4, 0.5) is 16.2 Å². The summed E-state index contributed by atoms with van der Waals surface area (Å²) in [4.78, 5) is 15.5. The molecule has 1 aromatic carbocycles. The number of nitrogens with zero attached hydrogens (tertiary/aromatic N) is 3. The topological polar surface area (TPSA) is 86.2 Å². The lowest BCUT2D eigenvalue weighted by Crippen LogP contribution is -2.00. The van der Waals surface area contributed by atoms with Crippen LogP contribution in [0.3, 0.4) is 0 Å². The molecule has 25 heavy (non-hydrogen) atoms. The second-order valence-electron chi connectivity index (χ2n) is 5.54. The minimum Gasteiger partial charge on any atom is -0.492 e. The molecular formula is C18H14FN5O. The molecule has 3 heterocycles. The molecule has 3 N–H and O–H groups in total. The summed E-state index contributed by atoms with van der Waals surface area (Å²) >= 11 is 0. The first-order valence-corrected chi connectivity index (χ1v) is 7.67. The molecule has 7 heteroatoms. The first-order chi connectivity index (χ1) is 12.2. The van der Waals surface area contributed by atoms with Crippen molar-refractivity contribution in [2.75, 3.05) is 5.32 Å². The predicted molar refractivity (Wildman–Crippen MR) is 94.2 cm³/mol. The molecule has 0 unspecified atom stereocenters. The van der Waals surface area contributed by atoms with Gasteiger partial charge in [0.1, 0.15) is 11.5 Å². The van der Waals surface area contributed by atoms with E-state index < -0.39 is 0 Å². The van der Waals surface area contributed by atoms with Gasteiger partial charge in [-0.25, -0.2) is 14.4 Å². The smallest absolute Gasteiger partial charge is 0.238 e. The zero-order valence-corrected chi connectivity index (χ0v) is 13.1. The maximum atomic E-state index is 12.9. The number of benzene rings is 1. The van der Waals surface area contributed by atoms with Crippen molar-refractivity contribution in [1.29, 1.82) is 0 Å². The lowest BCUT2D eigenvalue weighted by atomic mass is 10.1. The highest BCUT2D eigenvalue weighted by Gasteiger charge is 2.14. The Morgan fingerprint density at radius 3 is 2.88 bits per heavy atom. The summed E-state index contributed by atoms with van der Waals surface area (Å²) < 4.78 is 12.9. The van der Waals surface area contributed by atoms with Crippen molar-refractivity contribution in [2.45, 2.75) is 6.54 Å². The molecule has 0 aliphatic carbocycles. The summed E-state index contributed by atoms with van der Waals surface area (Å²) in [5.74, 6) is 0.693. The fourth-order valence-corrected chi connectivity index (χ4v) is 2.55. The zero-order chi connectivity index (χ0) is 17.2. The maximum Gasteiger partial charge on any atom is 0.238 e. The molecule has 4 rings (SSSR count). The second-order valence-corrected chi connectivity index (χ2v) is 5.54. The summed E-state index contributed by atoms with van der Waals surface area (Å²) in [6.45, 7) is 0.456. The van der Waals surface area contributed by atoms with Crippen molar-refractivity contribution >= 4 is 29.6 Å². The van der Waals surface area contributed by atoms with Gasteiger partial charge in [0, 0.05) is 30.1 Å². The number of aliphatic imine (C=N–C) groups is 1. The van der Waals surface area contributed by atoms with Gasteiger partial charge in [0.2, 0.25) is 11.8 Å². The van der Waals surface area contributed by atoms with Crippen LogP contribution >= 0.6 is 0 Å².